The molecule has 1 aromatic rings. The van der Waals surface area contributed by atoms with E-state index in [1.54, 1.807) is 5.19 Å². The average Bonchev–Trinajstić information content (AvgIpc) is 2.97. The van der Waals surface area contributed by atoms with E-state index in [4.69, 9.17) is 0 Å². The molecule has 0 N–H and O–H groups in total. The Balaban J connectivity index is 0.00000169. The van der Waals surface area contributed by atoms with Crippen molar-refractivity contribution in [2.75, 3.05) is 0 Å². The molecule has 0 heterocycles. The van der Waals surface area contributed by atoms with Gasteiger partial charge in [0, 0.05) is 0 Å². The largest absolute Gasteiger partial charge is 4.00 e. The number of benzene rings is 1. The van der Waals surface area contributed by atoms with Crippen molar-refractivity contribution < 1.29 is 58.9 Å². The third-order valence-electron chi connectivity index (χ3n) is 7.12. The summed E-state index contributed by atoms with van der Waals surface area (Å²) in [5.41, 5.74) is 0.881. The fourth-order valence-electron chi connectivity index (χ4n) is 5.88. The Kier molecular flexibility index (Phi) is 11.8. The van der Waals surface area contributed by atoms with E-state index >= 15 is 0 Å². The van der Waals surface area contributed by atoms with Gasteiger partial charge >= 0.3 is 21.7 Å². The summed E-state index contributed by atoms with van der Waals surface area (Å²) >= 11 is 0. The van der Waals surface area contributed by atoms with Crippen molar-refractivity contribution in [3.63, 3.8) is 0 Å². The molecule has 3 aliphatic carbocycles. The first-order valence-electron chi connectivity index (χ1n) is 9.49. The molecule has 2 fully saturated rings. The second kappa shape index (κ2) is 11.6. The van der Waals surface area contributed by atoms with Crippen LogP contribution in [-0.2, 0) is 21.7 Å². The first-order chi connectivity index (χ1) is 11.3. The summed E-state index contributed by atoms with van der Waals surface area (Å²) in [7, 11) is -1.50. The van der Waals surface area contributed by atoms with Crippen LogP contribution in [0.25, 0.3) is 0 Å². The predicted octanol–water partition coefficient (Wildman–Crippen LogP) is -3.64. The van der Waals surface area contributed by atoms with Gasteiger partial charge < -0.3 is 43.6 Å². The average molecular weight is 476 g/mol. The molecule has 0 aromatic heterocycles. The first-order valence-corrected chi connectivity index (χ1v) is 12.3. The van der Waals surface area contributed by atoms with Crippen LogP contribution in [0.2, 0.25) is 18.1 Å². The third kappa shape index (κ3) is 4.81. The summed E-state index contributed by atoms with van der Waals surface area (Å²) in [5.74, 6) is 3.33. The molecule has 6 atom stereocenters. The maximum absolute atomic E-state index is 2.72. The van der Waals surface area contributed by atoms with Gasteiger partial charge in [-0.25, -0.2) is 0 Å². The maximum atomic E-state index is 2.72. The molecule has 1 aromatic carbocycles. The van der Waals surface area contributed by atoms with Gasteiger partial charge in [0.05, 0.1) is 8.07 Å². The minimum absolute atomic E-state index is 0. The summed E-state index contributed by atoms with van der Waals surface area (Å²) in [6.07, 6.45) is 16.6. The van der Waals surface area contributed by atoms with Crippen molar-refractivity contribution in [1.29, 1.82) is 0 Å². The van der Waals surface area contributed by atoms with Gasteiger partial charge in [-0.1, -0.05) is 104 Å². The van der Waals surface area contributed by atoms with Crippen LogP contribution in [0.5, 0.6) is 0 Å². The van der Waals surface area contributed by atoms with Crippen LogP contribution >= 0.6 is 0 Å². The van der Waals surface area contributed by atoms with Gasteiger partial charge in [-0.05, 0) is 11.8 Å². The molecule has 0 nitrogen and oxygen atoms in total. The number of fused-ring (bicyclic) bond motifs is 3. The summed E-state index contributed by atoms with van der Waals surface area (Å²) in [6, 6.07) is 12.9. The summed E-state index contributed by atoms with van der Waals surface area (Å²) in [4.78, 5) is 0. The zero-order chi connectivity index (χ0) is 15.9. The zero-order valence-corrected chi connectivity index (χ0v) is 21.0. The van der Waals surface area contributed by atoms with E-state index in [0.717, 1.165) is 29.2 Å². The van der Waals surface area contributed by atoms with Crippen molar-refractivity contribution in [3.05, 3.63) is 61.1 Å². The van der Waals surface area contributed by atoms with Crippen LogP contribution in [-0.4, -0.2) is 8.07 Å². The Morgan fingerprint density at radius 1 is 1.00 bits per heavy atom. The first kappa shape index (κ1) is 27.5. The fourth-order valence-corrected chi connectivity index (χ4v) is 10.5. The summed E-state index contributed by atoms with van der Waals surface area (Å²) < 4.78 is 0. The Bertz CT molecular complexity index is 621. The number of allylic oxidation sites excluding steroid dienone is 4. The van der Waals surface area contributed by atoms with E-state index in [1.807, 2.05) is 0 Å². The monoisotopic (exact) mass is 474 g/mol. The fraction of sp³-hybridized carbons (Fsp3) is 0.500. The van der Waals surface area contributed by atoms with E-state index in [9.17, 15) is 0 Å². The molecule has 146 valence electrons. The second-order valence-electron chi connectivity index (χ2n) is 8.00. The van der Waals surface area contributed by atoms with Crippen LogP contribution in [0, 0.1) is 30.1 Å². The predicted molar refractivity (Wildman–Crippen MR) is 102 cm³/mol. The zero-order valence-electron chi connectivity index (χ0n) is 16.1. The molecule has 4 rings (SSSR count). The molecule has 27 heavy (non-hydrogen) atoms. The van der Waals surface area contributed by atoms with Crippen molar-refractivity contribution >= 4 is 13.3 Å². The summed E-state index contributed by atoms with van der Waals surface area (Å²) in [6.45, 7) is 5.12. The van der Waals surface area contributed by atoms with Crippen molar-refractivity contribution in [2.45, 2.75) is 44.3 Å². The molecule has 0 saturated heterocycles. The topological polar surface area (TPSA) is 0 Å². The van der Waals surface area contributed by atoms with Gasteiger partial charge in [-0.2, -0.15) is 12.3 Å². The Morgan fingerprint density at radius 3 is 2.26 bits per heavy atom. The maximum Gasteiger partial charge on any atom is 4.00 e. The number of hydrogen-bond donors (Lipinski definition) is 0. The normalized spacial score (nSPS) is 32.3. The van der Waals surface area contributed by atoms with Gasteiger partial charge in [-0.15, -0.1) is 0 Å². The van der Waals surface area contributed by atoms with E-state index in [1.165, 1.54) is 25.3 Å². The molecule has 0 radical (unpaired) electrons. The minimum atomic E-state index is -1.50. The SMILES string of the molecule is CC[Si](C)(c1ccccc1)C1C2C=CC=CC2C2CCC[CH-]C21.[Cl-].[Cl-].[Cl-].[Ti+4]. The number of hydrogen-bond acceptors (Lipinski definition) is 0. The Hall–Kier alpha value is 0.501. The Morgan fingerprint density at radius 2 is 1.63 bits per heavy atom. The third-order valence-corrected chi connectivity index (χ3v) is 12.5. The molecular formula is C22H29Cl3SiTi. The van der Waals surface area contributed by atoms with Crippen LogP contribution in [0.15, 0.2) is 54.6 Å². The van der Waals surface area contributed by atoms with Gasteiger partial charge in [-0.3, -0.25) is 0 Å². The van der Waals surface area contributed by atoms with Crippen molar-refractivity contribution in [3.8, 4) is 0 Å². The Labute approximate surface area is 200 Å². The molecule has 0 amide bonds. The minimum Gasteiger partial charge on any atom is -1.00 e. The van der Waals surface area contributed by atoms with Crippen molar-refractivity contribution in [1.82, 2.24) is 0 Å². The molecule has 6 unspecified atom stereocenters. The molecule has 3 aliphatic rings. The summed E-state index contributed by atoms with van der Waals surface area (Å²) in [5, 5.41) is 1.67. The molecular weight excluding hydrogens is 447 g/mol. The number of rotatable bonds is 3. The molecule has 0 aliphatic heterocycles. The molecule has 2 saturated carbocycles. The molecule has 5 heteroatoms. The quantitative estimate of drug-likeness (QED) is 0.313. The van der Waals surface area contributed by atoms with Gasteiger partial charge in [0.15, 0.2) is 0 Å². The van der Waals surface area contributed by atoms with Gasteiger partial charge in [0.1, 0.15) is 0 Å². The van der Waals surface area contributed by atoms with Gasteiger partial charge in [0.25, 0.3) is 0 Å². The van der Waals surface area contributed by atoms with Crippen LogP contribution in [0.3, 0.4) is 0 Å². The number of halogens is 3. The van der Waals surface area contributed by atoms with Crippen LogP contribution < -0.4 is 42.4 Å². The van der Waals surface area contributed by atoms with Gasteiger partial charge in [0.2, 0.25) is 0 Å². The van der Waals surface area contributed by atoms with E-state index in [0.29, 0.717) is 0 Å². The van der Waals surface area contributed by atoms with Crippen LogP contribution in [0.1, 0.15) is 26.2 Å². The van der Waals surface area contributed by atoms with Crippen molar-refractivity contribution in [2.24, 2.45) is 23.7 Å². The van der Waals surface area contributed by atoms with Crippen LogP contribution in [0.4, 0.5) is 0 Å². The second-order valence-corrected chi connectivity index (χ2v) is 12.8. The van der Waals surface area contributed by atoms with E-state index < -0.39 is 8.07 Å². The van der Waals surface area contributed by atoms with E-state index in [2.05, 4.69) is 74.5 Å². The molecule has 0 spiro atoms. The standard InChI is InChI=1S/C22H29Si.3ClH.Ti/c1-3-23(2,17-11-5-4-6-12-17)22-20-15-9-7-13-18(20)19-14-8-10-16-21(19)22;;;;/h4-7,9,11-13,15-16,18-22H,3,8,10,14H2,1-2H3;3*1H;/q-1;;;;+4/p-3. The van der Waals surface area contributed by atoms with E-state index in [-0.39, 0.29) is 58.9 Å². The smallest absolute Gasteiger partial charge is 1.00 e. The molecule has 0 bridgehead atoms.